The van der Waals surface area contributed by atoms with E-state index in [-0.39, 0.29) is 63.0 Å². The Morgan fingerprint density at radius 2 is 1.74 bits per heavy atom. The van der Waals surface area contributed by atoms with Crippen LogP contribution in [0.4, 0.5) is 22.0 Å². The number of carbonyl (C=O) groups excluding carboxylic acids is 2. The zero-order valence-electron chi connectivity index (χ0n) is 21.2. The minimum atomic E-state index is -5.62. The van der Waals surface area contributed by atoms with Gasteiger partial charge in [-0.25, -0.2) is 18.2 Å². The Morgan fingerprint density at radius 1 is 1.13 bits per heavy atom. The number of hydroxylamine groups is 1. The first kappa shape index (κ1) is 31.1. The molecule has 220 valence electrons. The van der Waals surface area contributed by atoms with Crippen molar-refractivity contribution in [2.24, 2.45) is 0 Å². The molecule has 39 heavy (non-hydrogen) atoms. The number of amides is 2. The highest BCUT2D eigenvalue weighted by atomic mass is 32.2. The van der Waals surface area contributed by atoms with Crippen LogP contribution < -0.4 is 5.48 Å². The maximum absolute atomic E-state index is 13.6. The van der Waals surface area contributed by atoms with Crippen molar-refractivity contribution in [3.63, 3.8) is 0 Å². The smallest absolute Gasteiger partial charge is 0.375 e. The fourth-order valence-corrected chi connectivity index (χ4v) is 7.11. The number of piperidine rings is 2. The van der Waals surface area contributed by atoms with Crippen molar-refractivity contribution < 1.29 is 49.9 Å². The Hall–Kier alpha value is -2.43. The summed E-state index contributed by atoms with van der Waals surface area (Å²) in [7, 11) is -2.91. The normalized spacial score (nSPS) is 19.6. The highest BCUT2D eigenvalue weighted by Gasteiger charge is 2.57. The van der Waals surface area contributed by atoms with E-state index in [1.165, 1.54) is 40.1 Å². The van der Waals surface area contributed by atoms with E-state index >= 15 is 0 Å². The monoisotopic (exact) mass is 586 g/mol. The van der Waals surface area contributed by atoms with Gasteiger partial charge >= 0.3 is 12.1 Å². The fraction of sp³-hybridized carbons (Fsp3) is 0.696. The van der Waals surface area contributed by atoms with Crippen molar-refractivity contribution in [1.29, 1.82) is 0 Å². The highest BCUT2D eigenvalue weighted by molar-refractivity contribution is 7.91. The molecule has 3 heterocycles. The van der Waals surface area contributed by atoms with Crippen LogP contribution in [0.25, 0.3) is 0 Å². The van der Waals surface area contributed by atoms with Gasteiger partial charge in [0, 0.05) is 57.5 Å². The van der Waals surface area contributed by atoms with E-state index in [0.717, 1.165) is 0 Å². The molecule has 0 atom stereocenters. The summed E-state index contributed by atoms with van der Waals surface area (Å²) in [4.78, 5) is 30.4. The summed E-state index contributed by atoms with van der Waals surface area (Å²) in [6, 6.07) is 2.96. The molecule has 2 N–H and O–H groups in total. The van der Waals surface area contributed by atoms with E-state index in [9.17, 15) is 45.2 Å². The second-order valence-electron chi connectivity index (χ2n) is 9.72. The number of aromatic nitrogens is 1. The lowest BCUT2D eigenvalue weighted by Gasteiger charge is -2.43. The number of pyridine rings is 1. The Bertz CT molecular complexity index is 1120. The molecule has 0 radical (unpaired) electrons. The van der Waals surface area contributed by atoms with Gasteiger partial charge in [0.1, 0.15) is 6.61 Å². The lowest BCUT2D eigenvalue weighted by Crippen LogP contribution is -2.62. The molecule has 16 heteroatoms. The van der Waals surface area contributed by atoms with E-state index in [2.05, 4.69) is 4.98 Å². The minimum Gasteiger partial charge on any atom is -0.375 e. The Morgan fingerprint density at radius 3 is 2.23 bits per heavy atom. The molecule has 0 spiro atoms. The van der Waals surface area contributed by atoms with E-state index in [4.69, 9.17) is 4.74 Å². The van der Waals surface area contributed by atoms with Gasteiger partial charge in [-0.3, -0.25) is 19.8 Å². The van der Waals surface area contributed by atoms with Gasteiger partial charge in [-0.2, -0.15) is 22.0 Å². The summed E-state index contributed by atoms with van der Waals surface area (Å²) in [5.74, 6) is -6.42. The van der Waals surface area contributed by atoms with Crippen LogP contribution in [0.1, 0.15) is 49.3 Å². The van der Waals surface area contributed by atoms with E-state index in [1.54, 1.807) is 0 Å². The first-order valence-corrected chi connectivity index (χ1v) is 13.7. The van der Waals surface area contributed by atoms with Gasteiger partial charge in [-0.15, -0.1) is 0 Å². The number of ether oxygens (including phenoxy) is 1. The predicted octanol–water partition coefficient (Wildman–Crippen LogP) is 2.23. The molecule has 1 aromatic rings. The van der Waals surface area contributed by atoms with Gasteiger partial charge in [0.2, 0.25) is 15.9 Å². The maximum atomic E-state index is 13.6. The number of nitrogens with one attached hydrogen (secondary N) is 1. The largest absolute Gasteiger partial charge is 0.453 e. The van der Waals surface area contributed by atoms with Crippen LogP contribution >= 0.6 is 0 Å². The highest BCUT2D eigenvalue weighted by Crippen LogP contribution is 2.39. The van der Waals surface area contributed by atoms with Gasteiger partial charge < -0.3 is 9.64 Å². The molecule has 0 bridgehead atoms. The van der Waals surface area contributed by atoms with Crippen LogP contribution in [0.15, 0.2) is 18.3 Å². The van der Waals surface area contributed by atoms with Crippen molar-refractivity contribution in [3.8, 4) is 0 Å². The number of rotatable bonds is 9. The van der Waals surface area contributed by atoms with Crippen LogP contribution in [-0.4, -0.2) is 96.4 Å². The topological polar surface area (TPSA) is 129 Å². The molecule has 1 aromatic heterocycles. The van der Waals surface area contributed by atoms with Gasteiger partial charge in [-0.05, 0) is 43.7 Å². The number of hydrogen-bond acceptors (Lipinski definition) is 7. The molecule has 2 aliphatic rings. The number of likely N-dealkylation sites (tertiary alicyclic amines) is 1. The number of halogens is 5. The zero-order valence-corrected chi connectivity index (χ0v) is 22.0. The van der Waals surface area contributed by atoms with Crippen molar-refractivity contribution in [2.45, 2.75) is 61.3 Å². The van der Waals surface area contributed by atoms with Crippen molar-refractivity contribution >= 4 is 21.8 Å². The average Bonchev–Trinajstić information content (AvgIpc) is 2.91. The third-order valence-electron chi connectivity index (χ3n) is 7.40. The molecule has 0 saturated carbocycles. The molecule has 0 unspecified atom stereocenters. The standard InChI is InChI=1S/C23H31F5N4O6S/c1-38-15-19(33)31-12-8-21(9-13-31,20(34)30-35)39(36,37)32-10-5-17(6-11-32)18-3-2-16(14-29-18)4-7-22(24,25)23(26,27)28/h2-3,14,17,35H,4-13,15H2,1H3,(H,30,34). The SMILES string of the molecule is COCC(=O)N1CCC(C(=O)NO)(S(=O)(=O)N2CCC(c3ccc(CCC(F)(F)C(F)(F)F)cn3)CC2)CC1. The third-order valence-corrected chi connectivity index (χ3v) is 10.0. The lowest BCUT2D eigenvalue weighted by molar-refractivity contribution is -0.284. The Kier molecular flexibility index (Phi) is 9.55. The molecule has 2 amide bonds. The second-order valence-corrected chi connectivity index (χ2v) is 12.0. The molecule has 10 nitrogen and oxygen atoms in total. The predicted molar refractivity (Wildman–Crippen MR) is 126 cm³/mol. The van der Waals surface area contributed by atoms with E-state index in [0.29, 0.717) is 18.5 Å². The van der Waals surface area contributed by atoms with Gasteiger partial charge in [0.05, 0.1) is 0 Å². The number of methoxy groups -OCH3 is 1. The number of nitrogens with zero attached hydrogens (tertiary/aromatic N) is 3. The van der Waals surface area contributed by atoms with Crippen LogP contribution in [0.5, 0.6) is 0 Å². The van der Waals surface area contributed by atoms with Crippen LogP contribution in [-0.2, 0) is 30.8 Å². The molecule has 3 rings (SSSR count). The average molecular weight is 587 g/mol. The van der Waals surface area contributed by atoms with E-state index < -0.39 is 45.6 Å². The van der Waals surface area contributed by atoms with Crippen molar-refractivity contribution in [1.82, 2.24) is 19.7 Å². The summed E-state index contributed by atoms with van der Waals surface area (Å²) >= 11 is 0. The van der Waals surface area contributed by atoms with Gasteiger partial charge in [0.15, 0.2) is 4.75 Å². The molecule has 0 aromatic carbocycles. The summed E-state index contributed by atoms with van der Waals surface area (Å²) in [5.41, 5.74) is 2.23. The fourth-order valence-electron chi connectivity index (χ4n) is 4.94. The number of hydrogen-bond donors (Lipinski definition) is 2. The summed E-state index contributed by atoms with van der Waals surface area (Å²) < 4.78 is 94.8. The number of sulfonamides is 1. The van der Waals surface area contributed by atoms with Crippen molar-refractivity contribution in [2.75, 3.05) is 39.9 Å². The van der Waals surface area contributed by atoms with Gasteiger partial charge in [-0.1, -0.05) is 6.07 Å². The number of aryl methyl sites for hydroxylation is 1. The molecule has 2 fully saturated rings. The van der Waals surface area contributed by atoms with Crippen LogP contribution in [0.3, 0.4) is 0 Å². The first-order valence-electron chi connectivity index (χ1n) is 12.3. The van der Waals surface area contributed by atoms with Crippen LogP contribution in [0, 0.1) is 0 Å². The Labute approximate surface area is 222 Å². The van der Waals surface area contributed by atoms with E-state index in [1.807, 2.05) is 0 Å². The van der Waals surface area contributed by atoms with Crippen molar-refractivity contribution in [3.05, 3.63) is 29.6 Å². The summed E-state index contributed by atoms with van der Waals surface area (Å²) in [6.45, 7) is -0.135. The second kappa shape index (κ2) is 12.0. The summed E-state index contributed by atoms with van der Waals surface area (Å²) in [5, 5.41) is 9.32. The molecule has 0 aliphatic carbocycles. The minimum absolute atomic E-state index is 0.0174. The molecule has 2 aliphatic heterocycles. The zero-order chi connectivity index (χ0) is 29.1. The van der Waals surface area contributed by atoms with Crippen LogP contribution in [0.2, 0.25) is 0 Å². The number of alkyl halides is 5. The quantitative estimate of drug-likeness (QED) is 0.258. The maximum Gasteiger partial charge on any atom is 0.453 e. The Balaban J connectivity index is 1.64. The molecule has 2 saturated heterocycles. The van der Waals surface area contributed by atoms with Gasteiger partial charge in [0.25, 0.3) is 5.91 Å². The summed E-state index contributed by atoms with van der Waals surface area (Å²) in [6.07, 6.45) is -6.07. The lowest BCUT2D eigenvalue weighted by atomic mass is 9.93. The number of carbonyl (C=O) groups is 2. The first-order chi connectivity index (χ1) is 18.2. The third kappa shape index (κ3) is 6.49. The molecular weight excluding hydrogens is 555 g/mol. The molecular formula is C23H31F5N4O6S.